The first-order valence-corrected chi connectivity index (χ1v) is 21.5. The van der Waals surface area contributed by atoms with Gasteiger partial charge in [-0.25, -0.2) is 0 Å². The second-order valence-electron chi connectivity index (χ2n) is 15.1. The van der Waals surface area contributed by atoms with Crippen LogP contribution in [-0.2, 0) is 40.1 Å². The molecule has 0 aromatic heterocycles. The molecule has 2 amide bonds. The summed E-state index contributed by atoms with van der Waals surface area (Å²) in [7, 11) is -0.487. The molecule has 3 aliphatic rings. The molecule has 3 heterocycles. The molecule has 0 bridgehead atoms. The van der Waals surface area contributed by atoms with Crippen molar-refractivity contribution in [3.63, 3.8) is 0 Å². The van der Waals surface area contributed by atoms with Crippen LogP contribution in [0.15, 0.2) is 97.1 Å². The van der Waals surface area contributed by atoms with Gasteiger partial charge in [0.05, 0.1) is 52.1 Å². The van der Waals surface area contributed by atoms with Crippen molar-refractivity contribution in [3.8, 4) is 5.75 Å². The third-order valence-corrected chi connectivity index (χ3v) is 16.2. The van der Waals surface area contributed by atoms with E-state index in [2.05, 4.69) is 62.5 Å². The fourth-order valence-corrected chi connectivity index (χ4v) is 13.1. The van der Waals surface area contributed by atoms with Gasteiger partial charge in [-0.2, -0.15) is 0 Å². The molecular weight excluding hydrogens is 653 g/mol. The molecule has 0 radical (unpaired) electrons. The van der Waals surface area contributed by atoms with E-state index in [1.807, 2.05) is 64.4 Å². The zero-order valence-corrected chi connectivity index (χ0v) is 31.3. The average molecular weight is 703 g/mol. The molecule has 3 aliphatic heterocycles. The van der Waals surface area contributed by atoms with Gasteiger partial charge in [-0.3, -0.25) is 14.5 Å². The fourth-order valence-electron chi connectivity index (χ4n) is 9.05. The highest BCUT2D eigenvalue weighted by Gasteiger charge is 2.51. The third-order valence-electron chi connectivity index (χ3n) is 11.8. The quantitative estimate of drug-likeness (QED) is 0.181. The van der Waals surface area contributed by atoms with Crippen LogP contribution >= 0.6 is 0 Å². The van der Waals surface area contributed by atoms with E-state index in [-0.39, 0.29) is 48.1 Å². The maximum Gasteiger partial charge on any atom is 0.231 e. The zero-order valence-electron chi connectivity index (χ0n) is 30.3. The van der Waals surface area contributed by atoms with E-state index in [9.17, 15) is 14.7 Å². The van der Waals surface area contributed by atoms with Crippen LogP contribution in [0.2, 0.25) is 18.6 Å². The number of carbonyl (C=O) groups excluding carboxylic acids is 2. The van der Waals surface area contributed by atoms with Gasteiger partial charge >= 0.3 is 0 Å². The van der Waals surface area contributed by atoms with Crippen molar-refractivity contribution >= 4 is 36.4 Å². The van der Waals surface area contributed by atoms with Crippen molar-refractivity contribution in [2.75, 3.05) is 18.6 Å². The van der Waals surface area contributed by atoms with Crippen LogP contribution in [0.3, 0.4) is 0 Å². The first kappa shape index (κ1) is 35.2. The highest BCUT2D eigenvalue weighted by molar-refractivity contribution is 6.91. The number of fused-ring (bicyclic) bond motifs is 2. The second-order valence-corrected chi connectivity index (χ2v) is 19.8. The van der Waals surface area contributed by atoms with Crippen molar-refractivity contribution in [3.05, 3.63) is 119 Å². The number of amides is 2. The maximum atomic E-state index is 14.2. The van der Waals surface area contributed by atoms with Crippen LogP contribution < -0.4 is 14.8 Å². The van der Waals surface area contributed by atoms with Gasteiger partial charge in [-0.1, -0.05) is 91.9 Å². The Morgan fingerprint density at radius 2 is 1.63 bits per heavy atom. The van der Waals surface area contributed by atoms with Gasteiger partial charge in [-0.05, 0) is 89.7 Å². The Balaban J connectivity index is 1.13. The van der Waals surface area contributed by atoms with Crippen LogP contribution in [0.4, 0.5) is 11.4 Å². The molecule has 8 heteroatoms. The number of carbonyl (C=O) groups is 2. The van der Waals surface area contributed by atoms with Crippen LogP contribution in [0.5, 0.6) is 5.75 Å². The number of rotatable bonds is 10. The first-order valence-electron chi connectivity index (χ1n) is 18.4. The lowest BCUT2D eigenvalue weighted by Gasteiger charge is -2.39. The summed E-state index contributed by atoms with van der Waals surface area (Å²) in [6, 6.07) is 33.0. The Hall–Kier alpha value is -4.24. The molecule has 0 unspecified atom stereocenters. The molecule has 7 rings (SSSR count). The summed E-state index contributed by atoms with van der Waals surface area (Å²) in [5.41, 5.74) is 6.80. The topological polar surface area (TPSA) is 79.3 Å². The van der Waals surface area contributed by atoms with Crippen molar-refractivity contribution in [2.45, 2.75) is 88.9 Å². The van der Waals surface area contributed by atoms with E-state index in [1.54, 1.807) is 7.11 Å². The van der Waals surface area contributed by atoms with E-state index in [4.69, 9.17) is 9.47 Å². The Morgan fingerprint density at radius 3 is 2.37 bits per heavy atom. The minimum absolute atomic E-state index is 0.0189. The summed E-state index contributed by atoms with van der Waals surface area (Å²) in [5.74, 6) is 1.24. The summed E-state index contributed by atoms with van der Waals surface area (Å²) in [6.07, 6.45) is 3.61. The van der Waals surface area contributed by atoms with Crippen LogP contribution in [0, 0.1) is 5.92 Å². The van der Waals surface area contributed by atoms with Gasteiger partial charge in [0, 0.05) is 18.7 Å². The highest BCUT2D eigenvalue weighted by Crippen LogP contribution is 2.47. The SMILES string of the molecule is COc1ccc([Si](C)(C)[C@@H]2[C@@H](C)[C@@H](CCc3cccc(N4C(=O)CCc5ccccc54)c3)O[C@H]2CC(=O)N2Cc3ccccc3C[C@H]2CO)cc1. The Kier molecular flexibility index (Phi) is 10.2. The molecule has 51 heavy (non-hydrogen) atoms. The average Bonchev–Trinajstić information content (AvgIpc) is 3.47. The lowest BCUT2D eigenvalue weighted by molar-refractivity contribution is -0.138. The molecule has 4 aromatic carbocycles. The summed E-state index contributed by atoms with van der Waals surface area (Å²) in [5, 5.41) is 11.7. The fraction of sp³-hybridized carbons (Fsp3) is 0.395. The number of nitrogens with zero attached hydrogens (tertiary/aromatic N) is 2. The van der Waals surface area contributed by atoms with Gasteiger partial charge in [0.25, 0.3) is 0 Å². The monoisotopic (exact) mass is 702 g/mol. The van der Waals surface area contributed by atoms with Gasteiger partial charge in [0.1, 0.15) is 5.75 Å². The predicted octanol–water partition coefficient (Wildman–Crippen LogP) is 6.96. The van der Waals surface area contributed by atoms with Crippen molar-refractivity contribution < 1.29 is 24.2 Å². The number of aliphatic hydroxyl groups excluding tert-OH is 1. The number of benzene rings is 4. The van der Waals surface area contributed by atoms with E-state index in [0.717, 1.165) is 42.0 Å². The van der Waals surface area contributed by atoms with E-state index in [1.165, 1.54) is 21.9 Å². The number of ether oxygens (including phenoxy) is 2. The number of methoxy groups -OCH3 is 1. The number of hydrogen-bond acceptors (Lipinski definition) is 5. The normalized spacial score (nSPS) is 23.2. The summed E-state index contributed by atoms with van der Waals surface area (Å²) in [4.78, 5) is 31.1. The minimum atomic E-state index is -2.18. The van der Waals surface area contributed by atoms with Crippen molar-refractivity contribution in [1.29, 1.82) is 0 Å². The Labute approximate surface area is 303 Å². The largest absolute Gasteiger partial charge is 0.497 e. The lowest BCUT2D eigenvalue weighted by atomic mass is 9.93. The number of aliphatic hydroxyl groups is 1. The Bertz CT molecular complexity index is 1880. The van der Waals surface area contributed by atoms with Crippen LogP contribution in [0.1, 0.15) is 48.4 Å². The van der Waals surface area contributed by atoms with Gasteiger partial charge in [0.2, 0.25) is 11.8 Å². The molecule has 0 saturated carbocycles. The summed E-state index contributed by atoms with van der Waals surface area (Å²) < 4.78 is 12.5. The number of anilines is 2. The lowest BCUT2D eigenvalue weighted by Crippen LogP contribution is -2.52. The molecule has 5 atom stereocenters. The van der Waals surface area contributed by atoms with E-state index >= 15 is 0 Å². The van der Waals surface area contributed by atoms with Gasteiger partial charge in [-0.15, -0.1) is 0 Å². The van der Waals surface area contributed by atoms with Gasteiger partial charge in [0.15, 0.2) is 0 Å². The number of para-hydroxylation sites is 1. The van der Waals surface area contributed by atoms with Crippen LogP contribution in [-0.4, -0.2) is 61.9 Å². The molecule has 0 spiro atoms. The standard InChI is InChI=1S/C43H50N2O5Si/c1-29-39(22-16-30-10-9-14-34(24-30)45-38-15-8-7-11-31(38)17-23-41(45)47)50-40(43(29)51(3,4)37-20-18-36(49-2)19-21-37)26-42(48)44-27-33-13-6-5-12-32(33)25-35(44)28-46/h5-15,18-21,24,29,35,39-40,43,46H,16-17,22-23,25-28H2,1-4H3/t29-,35-,39+,40-,43+/m0/s1. The van der Waals surface area contributed by atoms with Crippen molar-refractivity contribution in [1.82, 2.24) is 4.90 Å². The molecular formula is C43H50N2O5Si. The second kappa shape index (κ2) is 14.8. The number of hydrogen-bond donors (Lipinski definition) is 1. The first-order chi connectivity index (χ1) is 24.7. The maximum absolute atomic E-state index is 14.2. The predicted molar refractivity (Wildman–Crippen MR) is 205 cm³/mol. The number of aryl methyl sites for hydroxylation is 2. The third kappa shape index (κ3) is 7.01. The van der Waals surface area contributed by atoms with Crippen LogP contribution in [0.25, 0.3) is 0 Å². The highest BCUT2D eigenvalue weighted by atomic mass is 28.3. The molecule has 1 fully saturated rings. The van der Waals surface area contributed by atoms with E-state index in [0.29, 0.717) is 25.8 Å². The minimum Gasteiger partial charge on any atom is -0.497 e. The molecule has 1 saturated heterocycles. The molecule has 0 aliphatic carbocycles. The molecule has 7 nitrogen and oxygen atoms in total. The summed E-state index contributed by atoms with van der Waals surface area (Å²) >= 11 is 0. The molecule has 4 aromatic rings. The molecule has 266 valence electrons. The van der Waals surface area contributed by atoms with Crippen molar-refractivity contribution in [2.24, 2.45) is 5.92 Å². The van der Waals surface area contributed by atoms with E-state index < -0.39 is 8.07 Å². The zero-order chi connectivity index (χ0) is 35.7. The van der Waals surface area contributed by atoms with Gasteiger partial charge < -0.3 is 19.5 Å². The molecule has 1 N–H and O–H groups in total. The summed E-state index contributed by atoms with van der Waals surface area (Å²) in [6.45, 7) is 7.57. The smallest absolute Gasteiger partial charge is 0.231 e. The Morgan fingerprint density at radius 1 is 0.902 bits per heavy atom.